The molecule has 0 atom stereocenters. The van der Waals surface area contributed by atoms with E-state index in [4.69, 9.17) is 4.74 Å². The first-order valence-electron chi connectivity index (χ1n) is 10.5. The number of sulfonamides is 1. The molecule has 0 saturated carbocycles. The molecular weight excluding hydrogens is 414 g/mol. The lowest BCUT2D eigenvalue weighted by molar-refractivity contribution is -0.0185. The van der Waals surface area contributed by atoms with E-state index < -0.39 is 15.6 Å². The first kappa shape index (κ1) is 21.8. The summed E-state index contributed by atoms with van der Waals surface area (Å²) >= 11 is 0. The normalized spacial score (nSPS) is 17.3. The van der Waals surface area contributed by atoms with Crippen molar-refractivity contribution in [3.8, 4) is 5.75 Å². The van der Waals surface area contributed by atoms with Crippen LogP contribution >= 0.6 is 0 Å². The van der Waals surface area contributed by atoms with Crippen molar-refractivity contribution in [2.24, 2.45) is 0 Å². The van der Waals surface area contributed by atoms with Crippen LogP contribution in [0.25, 0.3) is 10.9 Å². The van der Waals surface area contributed by atoms with E-state index in [1.807, 2.05) is 42.8 Å². The van der Waals surface area contributed by atoms with Crippen LogP contribution in [0.15, 0.2) is 53.8 Å². The highest BCUT2D eigenvalue weighted by Gasteiger charge is 2.38. The van der Waals surface area contributed by atoms with Crippen LogP contribution in [0, 0.1) is 0 Å². The Hall–Kier alpha value is -2.42. The lowest BCUT2D eigenvalue weighted by Gasteiger charge is -2.38. The number of methoxy groups -OCH3 is 1. The summed E-state index contributed by atoms with van der Waals surface area (Å²) in [6.45, 7) is 4.97. The Balaban J connectivity index is 1.53. The van der Waals surface area contributed by atoms with Gasteiger partial charge in [0.1, 0.15) is 10.6 Å². The first-order chi connectivity index (χ1) is 14.7. The van der Waals surface area contributed by atoms with E-state index >= 15 is 0 Å². The average molecular weight is 444 g/mol. The van der Waals surface area contributed by atoms with Crippen molar-refractivity contribution >= 4 is 20.9 Å². The minimum absolute atomic E-state index is 0.189. The van der Waals surface area contributed by atoms with Gasteiger partial charge in [-0.3, -0.25) is 4.98 Å². The smallest absolute Gasteiger partial charge is 0.246 e. The molecule has 3 aromatic rings. The monoisotopic (exact) mass is 443 g/mol. The van der Waals surface area contributed by atoms with E-state index in [0.717, 1.165) is 16.5 Å². The molecule has 2 aromatic heterocycles. The van der Waals surface area contributed by atoms with Crippen LogP contribution in [0.5, 0.6) is 5.75 Å². The van der Waals surface area contributed by atoms with E-state index in [1.54, 1.807) is 24.5 Å². The summed E-state index contributed by atoms with van der Waals surface area (Å²) in [6, 6.07) is 9.25. The highest BCUT2D eigenvalue weighted by atomic mass is 32.2. The van der Waals surface area contributed by atoms with E-state index in [-0.39, 0.29) is 23.9 Å². The number of aliphatic hydroxyl groups is 1. The van der Waals surface area contributed by atoms with Gasteiger partial charge in [-0.1, -0.05) is 19.9 Å². The number of nitrogens with zero attached hydrogens (tertiary/aromatic N) is 3. The summed E-state index contributed by atoms with van der Waals surface area (Å²) in [5.41, 5.74) is 0.930. The van der Waals surface area contributed by atoms with Crippen molar-refractivity contribution in [2.75, 3.05) is 20.2 Å². The molecule has 0 amide bonds. The third-order valence-corrected chi connectivity index (χ3v) is 8.09. The molecule has 31 heavy (non-hydrogen) atoms. The van der Waals surface area contributed by atoms with Crippen molar-refractivity contribution < 1.29 is 18.3 Å². The Bertz CT molecular complexity index is 1180. The van der Waals surface area contributed by atoms with Crippen LogP contribution in [0.2, 0.25) is 0 Å². The van der Waals surface area contributed by atoms with Gasteiger partial charge < -0.3 is 14.4 Å². The van der Waals surface area contributed by atoms with Gasteiger partial charge in [0.05, 0.1) is 31.0 Å². The molecule has 1 saturated heterocycles. The first-order valence-corrected chi connectivity index (χ1v) is 12.0. The molecule has 1 aliphatic rings. The third-order valence-electron chi connectivity index (χ3n) is 6.17. The molecule has 0 aliphatic carbocycles. The number of ether oxygens (including phenoxy) is 1. The number of pyridine rings is 1. The molecule has 8 heteroatoms. The highest BCUT2D eigenvalue weighted by Crippen LogP contribution is 2.34. The summed E-state index contributed by atoms with van der Waals surface area (Å²) in [6.07, 6.45) is 6.19. The molecule has 0 bridgehead atoms. The standard InChI is InChI=1S/C23H29N3O4S/c1-17(2)19-4-5-21(30-3)22(14-19)31(28,29)26-12-8-23(27,9-13-26)16-25-11-7-18-6-10-24-15-20(18)25/h4-7,10-11,14-15,17,27H,8-9,12-13,16H2,1-3H3. The lowest BCUT2D eigenvalue weighted by atomic mass is 9.92. The van der Waals surface area contributed by atoms with Crippen LogP contribution in [0.3, 0.4) is 0 Å². The zero-order valence-electron chi connectivity index (χ0n) is 18.2. The van der Waals surface area contributed by atoms with Crippen LogP contribution in [0.4, 0.5) is 0 Å². The van der Waals surface area contributed by atoms with Crippen LogP contribution in [-0.2, 0) is 16.6 Å². The van der Waals surface area contributed by atoms with Gasteiger partial charge in [-0.2, -0.15) is 4.31 Å². The zero-order chi connectivity index (χ0) is 22.2. The van der Waals surface area contributed by atoms with Gasteiger partial charge in [0.25, 0.3) is 0 Å². The fourth-order valence-electron chi connectivity index (χ4n) is 4.18. The Morgan fingerprint density at radius 3 is 2.61 bits per heavy atom. The van der Waals surface area contributed by atoms with Crippen molar-refractivity contribution in [3.63, 3.8) is 0 Å². The topological polar surface area (TPSA) is 84.7 Å². The van der Waals surface area contributed by atoms with Crippen molar-refractivity contribution in [1.82, 2.24) is 13.9 Å². The minimum atomic E-state index is -3.73. The molecule has 1 aromatic carbocycles. The molecule has 1 aliphatic heterocycles. The summed E-state index contributed by atoms with van der Waals surface area (Å²) in [4.78, 5) is 4.36. The molecule has 0 radical (unpaired) electrons. The number of benzene rings is 1. The number of fused-ring (bicyclic) bond motifs is 1. The number of hydrogen-bond donors (Lipinski definition) is 1. The van der Waals surface area contributed by atoms with E-state index in [0.29, 0.717) is 25.1 Å². The number of piperidine rings is 1. The van der Waals surface area contributed by atoms with Crippen LogP contribution in [-0.4, -0.2) is 53.2 Å². The van der Waals surface area contributed by atoms with Crippen molar-refractivity contribution in [3.05, 3.63) is 54.5 Å². The maximum Gasteiger partial charge on any atom is 0.246 e. The molecule has 166 valence electrons. The van der Waals surface area contributed by atoms with Gasteiger partial charge in [0.2, 0.25) is 10.0 Å². The average Bonchev–Trinajstić information content (AvgIpc) is 3.16. The van der Waals surface area contributed by atoms with Gasteiger partial charge >= 0.3 is 0 Å². The number of rotatable bonds is 6. The molecule has 7 nitrogen and oxygen atoms in total. The largest absolute Gasteiger partial charge is 0.495 e. The summed E-state index contributed by atoms with van der Waals surface area (Å²) in [7, 11) is -2.25. The van der Waals surface area contributed by atoms with Crippen LogP contribution < -0.4 is 4.74 Å². The predicted molar refractivity (Wildman–Crippen MR) is 120 cm³/mol. The van der Waals surface area contributed by atoms with Gasteiger partial charge in [-0.15, -0.1) is 0 Å². The summed E-state index contributed by atoms with van der Waals surface area (Å²) in [5.74, 6) is 0.550. The van der Waals surface area contributed by atoms with Crippen molar-refractivity contribution in [2.45, 2.75) is 49.6 Å². The van der Waals surface area contributed by atoms with Gasteiger partial charge in [0.15, 0.2) is 0 Å². The predicted octanol–water partition coefficient (Wildman–Crippen LogP) is 3.38. The van der Waals surface area contributed by atoms with Crippen LogP contribution in [0.1, 0.15) is 38.2 Å². The fourth-order valence-corrected chi connectivity index (χ4v) is 5.81. The zero-order valence-corrected chi connectivity index (χ0v) is 19.0. The molecule has 1 N–H and O–H groups in total. The van der Waals surface area contributed by atoms with Gasteiger partial charge in [-0.05, 0) is 48.6 Å². The minimum Gasteiger partial charge on any atom is -0.495 e. The fraction of sp³-hybridized carbons (Fsp3) is 0.435. The molecule has 0 unspecified atom stereocenters. The van der Waals surface area contributed by atoms with Gasteiger partial charge in [-0.25, -0.2) is 8.42 Å². The molecule has 1 fully saturated rings. The van der Waals surface area contributed by atoms with E-state index in [1.165, 1.54) is 11.4 Å². The Morgan fingerprint density at radius 1 is 1.19 bits per heavy atom. The lowest BCUT2D eigenvalue weighted by Crippen LogP contribution is -2.48. The second kappa shape index (κ2) is 8.26. The summed E-state index contributed by atoms with van der Waals surface area (Å²) in [5, 5.41) is 12.3. The van der Waals surface area contributed by atoms with Crippen molar-refractivity contribution in [1.29, 1.82) is 0 Å². The molecule has 3 heterocycles. The maximum atomic E-state index is 13.4. The maximum absolute atomic E-state index is 13.4. The van der Waals surface area contributed by atoms with E-state index in [9.17, 15) is 13.5 Å². The Labute approximate surface area is 183 Å². The summed E-state index contributed by atoms with van der Waals surface area (Å²) < 4.78 is 35.6. The molecular formula is C23H29N3O4S. The quantitative estimate of drug-likeness (QED) is 0.631. The second-order valence-corrected chi connectivity index (χ2v) is 10.5. The van der Waals surface area contributed by atoms with E-state index in [2.05, 4.69) is 4.98 Å². The third kappa shape index (κ3) is 4.20. The molecule has 4 rings (SSSR count). The molecule has 0 spiro atoms. The van der Waals surface area contributed by atoms with Gasteiger partial charge in [0, 0.05) is 30.9 Å². The number of hydrogen-bond acceptors (Lipinski definition) is 5. The number of aromatic nitrogens is 2. The Morgan fingerprint density at radius 2 is 1.94 bits per heavy atom. The highest BCUT2D eigenvalue weighted by molar-refractivity contribution is 7.89. The second-order valence-electron chi connectivity index (χ2n) is 8.57. The SMILES string of the molecule is COc1ccc(C(C)C)cc1S(=O)(=O)N1CCC(O)(Cn2ccc3ccncc32)CC1. The Kier molecular flexibility index (Phi) is 5.81.